The number of carbonyl (C=O) groups is 1. The number of ether oxygens (including phenoxy) is 1. The second-order valence-electron chi connectivity index (χ2n) is 10.3. The smallest absolute Gasteiger partial charge is 0.237 e. The van der Waals surface area contributed by atoms with Crippen molar-refractivity contribution in [3.63, 3.8) is 0 Å². The number of nitrogens with zero attached hydrogens (tertiary/aromatic N) is 2. The van der Waals surface area contributed by atoms with E-state index in [-0.39, 0.29) is 18.1 Å². The van der Waals surface area contributed by atoms with Crippen LogP contribution in [0.1, 0.15) is 74.4 Å². The fourth-order valence-electron chi connectivity index (χ4n) is 4.87. The SMILES string of the molecule is CCC[C@H](O)CN(CC(=O)N1CCc2sccc2[C@H]1COc1ccc(C(C)C)cc1)CC1CC1. The summed E-state index contributed by atoms with van der Waals surface area (Å²) in [6.07, 6.45) is 4.75. The first-order valence-corrected chi connectivity index (χ1v) is 13.8. The quantitative estimate of drug-likeness (QED) is 0.447. The van der Waals surface area contributed by atoms with Crippen LogP contribution in [0.3, 0.4) is 0 Å². The molecule has 5 nitrogen and oxygen atoms in total. The Hall–Kier alpha value is -1.89. The van der Waals surface area contributed by atoms with Gasteiger partial charge in [0.1, 0.15) is 12.4 Å². The largest absolute Gasteiger partial charge is 0.491 e. The fraction of sp³-hybridized carbons (Fsp3) is 0.607. The van der Waals surface area contributed by atoms with Crippen LogP contribution in [-0.4, -0.2) is 59.7 Å². The third-order valence-electron chi connectivity index (χ3n) is 7.03. The van der Waals surface area contributed by atoms with Crippen LogP contribution in [0.5, 0.6) is 5.75 Å². The average Bonchev–Trinajstić information content (AvgIpc) is 3.49. The summed E-state index contributed by atoms with van der Waals surface area (Å²) in [6.45, 7) is 9.51. The maximum atomic E-state index is 13.6. The Morgan fingerprint density at radius 3 is 2.68 bits per heavy atom. The highest BCUT2D eigenvalue weighted by molar-refractivity contribution is 7.10. The lowest BCUT2D eigenvalue weighted by atomic mass is 10.00. The van der Waals surface area contributed by atoms with Crippen LogP contribution < -0.4 is 4.74 Å². The molecule has 2 atom stereocenters. The Bertz CT molecular complexity index is 922. The summed E-state index contributed by atoms with van der Waals surface area (Å²) >= 11 is 1.78. The summed E-state index contributed by atoms with van der Waals surface area (Å²) in [5, 5.41) is 12.5. The molecule has 34 heavy (non-hydrogen) atoms. The molecule has 0 radical (unpaired) electrons. The summed E-state index contributed by atoms with van der Waals surface area (Å²) in [7, 11) is 0. The molecule has 0 spiro atoms. The van der Waals surface area contributed by atoms with Crippen molar-refractivity contribution in [2.45, 2.75) is 70.9 Å². The molecular formula is C28H40N2O3S. The van der Waals surface area contributed by atoms with E-state index in [9.17, 15) is 9.90 Å². The van der Waals surface area contributed by atoms with Crippen LogP contribution in [0.2, 0.25) is 0 Å². The predicted octanol–water partition coefficient (Wildman–Crippen LogP) is 5.25. The Morgan fingerprint density at radius 1 is 1.24 bits per heavy atom. The Morgan fingerprint density at radius 2 is 2.00 bits per heavy atom. The molecule has 186 valence electrons. The zero-order valence-electron chi connectivity index (χ0n) is 20.9. The number of thiophene rings is 1. The van der Waals surface area contributed by atoms with Gasteiger partial charge in [0.05, 0.1) is 18.7 Å². The monoisotopic (exact) mass is 484 g/mol. The number of rotatable bonds is 12. The van der Waals surface area contributed by atoms with Crippen LogP contribution in [0.4, 0.5) is 0 Å². The predicted molar refractivity (Wildman–Crippen MR) is 139 cm³/mol. The van der Waals surface area contributed by atoms with Gasteiger partial charge < -0.3 is 14.7 Å². The third kappa shape index (κ3) is 6.61. The summed E-state index contributed by atoms with van der Waals surface area (Å²) in [5.74, 6) is 2.16. The van der Waals surface area contributed by atoms with E-state index in [0.717, 1.165) is 38.1 Å². The minimum atomic E-state index is -0.366. The van der Waals surface area contributed by atoms with E-state index in [0.29, 0.717) is 31.5 Å². The zero-order chi connectivity index (χ0) is 24.1. The molecule has 1 saturated carbocycles. The Labute approximate surface area is 208 Å². The maximum Gasteiger partial charge on any atom is 0.237 e. The highest BCUT2D eigenvalue weighted by Gasteiger charge is 2.34. The molecular weight excluding hydrogens is 444 g/mol. The number of carbonyl (C=O) groups excluding carboxylic acids is 1. The molecule has 1 aliphatic heterocycles. The van der Waals surface area contributed by atoms with Gasteiger partial charge in [0, 0.05) is 24.5 Å². The maximum absolute atomic E-state index is 13.6. The van der Waals surface area contributed by atoms with Crippen LogP contribution >= 0.6 is 11.3 Å². The minimum Gasteiger partial charge on any atom is -0.491 e. The molecule has 1 amide bonds. The molecule has 4 rings (SSSR count). The van der Waals surface area contributed by atoms with Crippen molar-refractivity contribution in [1.29, 1.82) is 0 Å². The van der Waals surface area contributed by atoms with Gasteiger partial charge in [-0.2, -0.15) is 0 Å². The first-order valence-electron chi connectivity index (χ1n) is 12.9. The number of amides is 1. The van der Waals surface area contributed by atoms with E-state index in [1.54, 1.807) is 11.3 Å². The standard InChI is InChI=1S/C28H40N2O3S/c1-4-5-23(31)17-29(16-21-6-7-21)18-28(32)30-14-12-27-25(13-15-34-27)26(30)19-33-24-10-8-22(9-11-24)20(2)3/h8-11,13,15,20-21,23,26,31H,4-7,12,14,16-19H2,1-3H3/t23-,26+/m0/s1. The molecule has 6 heteroatoms. The van der Waals surface area contributed by atoms with Crippen molar-refractivity contribution in [3.05, 3.63) is 51.7 Å². The van der Waals surface area contributed by atoms with Crippen LogP contribution in [0, 0.1) is 5.92 Å². The van der Waals surface area contributed by atoms with Gasteiger partial charge in [0.15, 0.2) is 0 Å². The molecule has 0 unspecified atom stereocenters. The van der Waals surface area contributed by atoms with Crippen LogP contribution in [0.15, 0.2) is 35.7 Å². The topological polar surface area (TPSA) is 53.0 Å². The van der Waals surface area contributed by atoms with Crippen LogP contribution in [0.25, 0.3) is 0 Å². The minimum absolute atomic E-state index is 0.0735. The second-order valence-corrected chi connectivity index (χ2v) is 11.3. The molecule has 2 aromatic rings. The van der Waals surface area contributed by atoms with E-state index in [2.05, 4.69) is 49.3 Å². The molecule has 0 bridgehead atoms. The van der Waals surface area contributed by atoms with E-state index in [1.165, 1.54) is 28.8 Å². The zero-order valence-corrected chi connectivity index (χ0v) is 21.7. The molecule has 1 aromatic carbocycles. The van der Waals surface area contributed by atoms with Gasteiger partial charge in [-0.25, -0.2) is 0 Å². The highest BCUT2D eigenvalue weighted by atomic mass is 32.1. The number of hydrogen-bond donors (Lipinski definition) is 1. The molecule has 1 aliphatic carbocycles. The van der Waals surface area contributed by atoms with E-state index in [4.69, 9.17) is 4.74 Å². The first-order chi connectivity index (χ1) is 16.4. The third-order valence-corrected chi connectivity index (χ3v) is 8.03. The number of aliphatic hydroxyl groups is 1. The van der Waals surface area contributed by atoms with Crippen molar-refractivity contribution in [2.24, 2.45) is 5.92 Å². The lowest BCUT2D eigenvalue weighted by Gasteiger charge is -2.37. The lowest BCUT2D eigenvalue weighted by molar-refractivity contribution is -0.136. The van der Waals surface area contributed by atoms with Crippen molar-refractivity contribution in [2.75, 3.05) is 32.8 Å². The van der Waals surface area contributed by atoms with Gasteiger partial charge in [0.2, 0.25) is 5.91 Å². The van der Waals surface area contributed by atoms with Crippen LogP contribution in [-0.2, 0) is 11.2 Å². The summed E-state index contributed by atoms with van der Waals surface area (Å²) in [5.41, 5.74) is 2.52. The lowest BCUT2D eigenvalue weighted by Crippen LogP contribution is -2.48. The van der Waals surface area contributed by atoms with Gasteiger partial charge in [-0.1, -0.05) is 39.3 Å². The van der Waals surface area contributed by atoms with Crippen molar-refractivity contribution >= 4 is 17.2 Å². The Kier molecular flexibility index (Phi) is 8.67. The number of hydrogen-bond acceptors (Lipinski definition) is 5. The van der Waals surface area contributed by atoms with Gasteiger partial charge in [-0.3, -0.25) is 9.69 Å². The molecule has 1 N–H and O–H groups in total. The molecule has 2 heterocycles. The number of benzene rings is 1. The molecule has 0 saturated heterocycles. The van der Waals surface area contributed by atoms with Gasteiger partial charge in [-0.05, 0) is 72.2 Å². The summed E-state index contributed by atoms with van der Waals surface area (Å²) < 4.78 is 6.22. The van der Waals surface area contributed by atoms with Gasteiger partial charge >= 0.3 is 0 Å². The van der Waals surface area contributed by atoms with Gasteiger partial charge in [0.25, 0.3) is 0 Å². The normalized spacial score (nSPS) is 18.9. The van der Waals surface area contributed by atoms with E-state index >= 15 is 0 Å². The second kappa shape index (κ2) is 11.7. The van der Waals surface area contributed by atoms with Crippen molar-refractivity contribution in [3.8, 4) is 5.75 Å². The summed E-state index contributed by atoms with van der Waals surface area (Å²) in [6, 6.07) is 10.4. The molecule has 1 fully saturated rings. The number of aliphatic hydroxyl groups excluding tert-OH is 1. The molecule has 1 aromatic heterocycles. The highest BCUT2D eigenvalue weighted by Crippen LogP contribution is 2.35. The Balaban J connectivity index is 1.44. The first kappa shape index (κ1) is 25.2. The van der Waals surface area contributed by atoms with Crippen molar-refractivity contribution < 1.29 is 14.6 Å². The number of fused-ring (bicyclic) bond motifs is 1. The van der Waals surface area contributed by atoms with E-state index in [1.807, 2.05) is 17.0 Å². The fourth-order valence-corrected chi connectivity index (χ4v) is 5.80. The van der Waals surface area contributed by atoms with Crippen molar-refractivity contribution in [1.82, 2.24) is 9.80 Å². The average molecular weight is 485 g/mol. The van der Waals surface area contributed by atoms with Gasteiger partial charge in [-0.15, -0.1) is 11.3 Å². The molecule has 2 aliphatic rings. The summed E-state index contributed by atoms with van der Waals surface area (Å²) in [4.78, 5) is 19.1. The van der Waals surface area contributed by atoms with E-state index < -0.39 is 0 Å².